The number of para-hydroxylation sites is 1. The zero-order valence-corrected chi connectivity index (χ0v) is 20.9. The highest BCUT2D eigenvalue weighted by Gasteiger charge is 2.26. The van der Waals surface area contributed by atoms with Crippen LogP contribution in [0.2, 0.25) is 0 Å². The lowest BCUT2D eigenvalue weighted by molar-refractivity contribution is -0.134. The third kappa shape index (κ3) is 6.11. The zero-order chi connectivity index (χ0) is 24.5. The summed E-state index contributed by atoms with van der Waals surface area (Å²) in [7, 11) is 1.63. The van der Waals surface area contributed by atoms with Gasteiger partial charge in [0.2, 0.25) is 5.91 Å². The predicted octanol–water partition coefficient (Wildman–Crippen LogP) is 5.59. The monoisotopic (exact) mass is 463 g/mol. The Morgan fingerprint density at radius 2 is 1.76 bits per heavy atom. The average molecular weight is 464 g/mol. The fraction of sp³-hybridized carbons (Fsp3) is 0.464. The summed E-state index contributed by atoms with van der Waals surface area (Å²) in [6.45, 7) is 7.02. The Bertz CT molecular complexity index is 1140. The number of unbranched alkanes of at least 4 members (excludes halogenated alkanes) is 4. The van der Waals surface area contributed by atoms with Crippen LogP contribution in [0.4, 0.5) is 0 Å². The summed E-state index contributed by atoms with van der Waals surface area (Å²) in [6, 6.07) is 14.8. The standard InChI is InChI=1S/C28H37N3O3/c1-5-6-7-8-9-14-26(32)30(19-20-34-4)22(3)27-29-25-13-11-10-12-24(25)28(33)31(27)23-17-15-21(2)16-18-23/h10-13,15-18,22H,5-9,14,19-20H2,1-4H3. The number of carbonyl (C=O) groups is 1. The first-order valence-corrected chi connectivity index (χ1v) is 12.3. The molecule has 0 saturated carbocycles. The molecule has 1 aromatic heterocycles. The molecular weight excluding hydrogens is 426 g/mol. The van der Waals surface area contributed by atoms with Crippen molar-refractivity contribution >= 4 is 16.8 Å². The minimum Gasteiger partial charge on any atom is -0.383 e. The van der Waals surface area contributed by atoms with Crippen molar-refractivity contribution in [1.29, 1.82) is 0 Å². The second-order valence-corrected chi connectivity index (χ2v) is 8.88. The molecule has 0 spiro atoms. The molecule has 0 N–H and O–H groups in total. The maximum absolute atomic E-state index is 13.6. The number of aryl methyl sites for hydroxylation is 1. The molecule has 0 saturated heterocycles. The molecule has 0 fully saturated rings. The Kier molecular flexibility index (Phi) is 9.40. The van der Waals surface area contributed by atoms with Gasteiger partial charge >= 0.3 is 0 Å². The molecule has 0 bridgehead atoms. The lowest BCUT2D eigenvalue weighted by Gasteiger charge is -2.30. The lowest BCUT2D eigenvalue weighted by atomic mass is 10.1. The molecule has 0 aliphatic rings. The van der Waals surface area contributed by atoms with Crippen molar-refractivity contribution in [2.75, 3.05) is 20.3 Å². The van der Waals surface area contributed by atoms with Crippen molar-refractivity contribution in [3.05, 3.63) is 70.3 Å². The van der Waals surface area contributed by atoms with Crippen LogP contribution in [0.3, 0.4) is 0 Å². The number of nitrogens with zero attached hydrogens (tertiary/aromatic N) is 3. The van der Waals surface area contributed by atoms with E-state index in [-0.39, 0.29) is 11.5 Å². The van der Waals surface area contributed by atoms with Gasteiger partial charge in [0.05, 0.1) is 29.2 Å². The number of carbonyl (C=O) groups excluding carboxylic acids is 1. The topological polar surface area (TPSA) is 64.4 Å². The van der Waals surface area contributed by atoms with E-state index in [1.807, 2.05) is 61.2 Å². The molecule has 34 heavy (non-hydrogen) atoms. The Morgan fingerprint density at radius 3 is 2.47 bits per heavy atom. The summed E-state index contributed by atoms with van der Waals surface area (Å²) in [5.74, 6) is 0.627. The second kappa shape index (κ2) is 12.5. The molecule has 1 heterocycles. The first-order chi connectivity index (χ1) is 16.5. The van der Waals surface area contributed by atoms with Gasteiger partial charge < -0.3 is 9.64 Å². The molecule has 182 valence electrons. The second-order valence-electron chi connectivity index (χ2n) is 8.88. The minimum atomic E-state index is -0.392. The van der Waals surface area contributed by atoms with Gasteiger partial charge in [-0.3, -0.25) is 14.2 Å². The van der Waals surface area contributed by atoms with Crippen molar-refractivity contribution in [2.45, 2.75) is 65.3 Å². The van der Waals surface area contributed by atoms with Crippen molar-refractivity contribution < 1.29 is 9.53 Å². The van der Waals surface area contributed by atoms with E-state index in [1.165, 1.54) is 12.8 Å². The molecule has 0 aliphatic carbocycles. The van der Waals surface area contributed by atoms with Gasteiger partial charge in [0.1, 0.15) is 5.82 Å². The van der Waals surface area contributed by atoms with E-state index in [9.17, 15) is 9.59 Å². The van der Waals surface area contributed by atoms with Gasteiger partial charge in [0.25, 0.3) is 5.56 Å². The minimum absolute atomic E-state index is 0.0684. The van der Waals surface area contributed by atoms with Gasteiger partial charge in [-0.2, -0.15) is 0 Å². The highest BCUT2D eigenvalue weighted by Crippen LogP contribution is 2.24. The van der Waals surface area contributed by atoms with Crippen LogP contribution in [0.15, 0.2) is 53.3 Å². The summed E-state index contributed by atoms with van der Waals surface area (Å²) in [4.78, 5) is 33.6. The average Bonchev–Trinajstić information content (AvgIpc) is 2.84. The van der Waals surface area contributed by atoms with Gasteiger partial charge in [0.15, 0.2) is 0 Å². The third-order valence-corrected chi connectivity index (χ3v) is 6.29. The number of aromatic nitrogens is 2. The molecule has 6 nitrogen and oxygen atoms in total. The van der Waals surface area contributed by atoms with Gasteiger partial charge in [0, 0.05) is 20.1 Å². The molecule has 6 heteroatoms. The van der Waals surface area contributed by atoms with Crippen molar-refractivity contribution in [3.63, 3.8) is 0 Å². The van der Waals surface area contributed by atoms with Crippen LogP contribution < -0.4 is 5.56 Å². The summed E-state index contributed by atoms with van der Waals surface area (Å²) >= 11 is 0. The largest absolute Gasteiger partial charge is 0.383 e. The molecule has 0 aliphatic heterocycles. The van der Waals surface area contributed by atoms with E-state index in [0.29, 0.717) is 36.3 Å². The number of fused-ring (bicyclic) bond motifs is 1. The number of methoxy groups -OCH3 is 1. The number of hydrogen-bond acceptors (Lipinski definition) is 4. The number of ether oxygens (including phenoxy) is 1. The lowest BCUT2D eigenvalue weighted by Crippen LogP contribution is -2.39. The first-order valence-electron chi connectivity index (χ1n) is 12.3. The van der Waals surface area contributed by atoms with Crippen LogP contribution in [0.25, 0.3) is 16.6 Å². The normalized spacial score (nSPS) is 12.1. The van der Waals surface area contributed by atoms with Gasteiger partial charge in [-0.25, -0.2) is 4.98 Å². The van der Waals surface area contributed by atoms with E-state index in [4.69, 9.17) is 9.72 Å². The Balaban J connectivity index is 2.02. The molecular formula is C28H37N3O3. The van der Waals surface area contributed by atoms with Gasteiger partial charge in [-0.1, -0.05) is 62.4 Å². The highest BCUT2D eigenvalue weighted by atomic mass is 16.5. The summed E-state index contributed by atoms with van der Waals surface area (Å²) < 4.78 is 6.96. The molecule has 1 unspecified atom stereocenters. The Hall–Kier alpha value is -2.99. The van der Waals surface area contributed by atoms with E-state index in [0.717, 1.165) is 30.5 Å². The third-order valence-electron chi connectivity index (χ3n) is 6.29. The fourth-order valence-electron chi connectivity index (χ4n) is 4.26. The van der Waals surface area contributed by atoms with E-state index >= 15 is 0 Å². The molecule has 1 atom stereocenters. The van der Waals surface area contributed by atoms with Gasteiger partial charge in [-0.05, 0) is 44.5 Å². The molecule has 3 rings (SSSR count). The number of amides is 1. The van der Waals surface area contributed by atoms with Crippen LogP contribution in [-0.2, 0) is 9.53 Å². The number of hydrogen-bond donors (Lipinski definition) is 0. The number of benzene rings is 2. The van der Waals surface area contributed by atoms with Crippen LogP contribution in [0, 0.1) is 6.92 Å². The quantitative estimate of drug-likeness (QED) is 0.328. The molecule has 0 radical (unpaired) electrons. The van der Waals surface area contributed by atoms with Crippen LogP contribution in [0.5, 0.6) is 0 Å². The SMILES string of the molecule is CCCCCCCC(=O)N(CCOC)C(C)c1nc2ccccc2c(=O)n1-c1ccc(C)cc1. The number of rotatable bonds is 12. The molecule has 1 amide bonds. The van der Waals surface area contributed by atoms with E-state index < -0.39 is 6.04 Å². The molecule has 2 aromatic carbocycles. The molecule has 3 aromatic rings. The first kappa shape index (κ1) is 25.6. The van der Waals surface area contributed by atoms with Crippen LogP contribution in [-0.4, -0.2) is 40.6 Å². The van der Waals surface area contributed by atoms with E-state index in [2.05, 4.69) is 6.92 Å². The highest BCUT2D eigenvalue weighted by molar-refractivity contribution is 5.79. The van der Waals surface area contributed by atoms with Crippen molar-refractivity contribution in [3.8, 4) is 5.69 Å². The van der Waals surface area contributed by atoms with Gasteiger partial charge in [-0.15, -0.1) is 0 Å². The van der Waals surface area contributed by atoms with Crippen molar-refractivity contribution in [1.82, 2.24) is 14.5 Å². The predicted molar refractivity (Wildman–Crippen MR) is 137 cm³/mol. The summed E-state index contributed by atoms with van der Waals surface area (Å²) in [6.07, 6.45) is 5.92. The van der Waals surface area contributed by atoms with Crippen LogP contribution in [0.1, 0.15) is 69.8 Å². The smallest absolute Gasteiger partial charge is 0.266 e. The Labute approximate surface area is 202 Å². The summed E-state index contributed by atoms with van der Waals surface area (Å²) in [5.41, 5.74) is 2.36. The maximum atomic E-state index is 13.6. The fourth-order valence-corrected chi connectivity index (χ4v) is 4.26. The van der Waals surface area contributed by atoms with Crippen molar-refractivity contribution in [2.24, 2.45) is 0 Å². The van der Waals surface area contributed by atoms with E-state index in [1.54, 1.807) is 17.7 Å². The Morgan fingerprint density at radius 1 is 1.06 bits per heavy atom. The zero-order valence-electron chi connectivity index (χ0n) is 20.9. The summed E-state index contributed by atoms with van der Waals surface area (Å²) in [5, 5.41) is 0.560. The van der Waals surface area contributed by atoms with Crippen LogP contribution >= 0.6 is 0 Å². The maximum Gasteiger partial charge on any atom is 0.266 e.